The number of allylic oxidation sites excluding steroid dienone is 3. The zero-order valence-corrected chi connectivity index (χ0v) is 20.8. The Bertz CT molecular complexity index is 969. The normalized spacial score (nSPS) is 18.2. The van der Waals surface area contributed by atoms with Crippen molar-refractivity contribution >= 4 is 8.07 Å². The van der Waals surface area contributed by atoms with Crippen LogP contribution in [0, 0.1) is 35.4 Å². The maximum Gasteiger partial charge on any atom is 0.146 e. The molecule has 0 saturated carbocycles. The lowest BCUT2D eigenvalue weighted by atomic mass is 9.86. The molecule has 31 heavy (non-hydrogen) atoms. The van der Waals surface area contributed by atoms with Crippen LogP contribution < -0.4 is 0 Å². The Morgan fingerprint density at radius 1 is 1.10 bits per heavy atom. The SMILES string of the molecule is [2H]C1C(C(CC#C)c2cc(F)ccc2F)=CC=C(C#C[Si](C(C)C)(C(C)C)C(C)C)N1C. The fourth-order valence-corrected chi connectivity index (χ4v) is 10.1. The number of rotatable bonds is 6. The summed E-state index contributed by atoms with van der Waals surface area (Å²) in [5.74, 6) is 4.36. The molecule has 1 aliphatic heterocycles. The Labute approximate surface area is 190 Å². The molecule has 1 nitrogen and oxygen atoms in total. The molecule has 1 aromatic rings. The van der Waals surface area contributed by atoms with Gasteiger partial charge in [-0.15, -0.1) is 17.9 Å². The van der Waals surface area contributed by atoms with Crippen LogP contribution in [0.25, 0.3) is 0 Å². The molecule has 0 bridgehead atoms. The van der Waals surface area contributed by atoms with Crippen LogP contribution in [0.3, 0.4) is 0 Å². The monoisotopic (exact) mass is 440 g/mol. The van der Waals surface area contributed by atoms with Gasteiger partial charge >= 0.3 is 0 Å². The van der Waals surface area contributed by atoms with Gasteiger partial charge in [0.05, 0.1) is 7.07 Å². The molecular formula is C27H35F2NSi. The van der Waals surface area contributed by atoms with Crippen LogP contribution in [0.1, 0.15) is 60.8 Å². The molecule has 166 valence electrons. The summed E-state index contributed by atoms with van der Waals surface area (Å²) in [6.45, 7) is 12.8. The van der Waals surface area contributed by atoms with E-state index in [4.69, 9.17) is 7.79 Å². The molecule has 2 rings (SSSR count). The van der Waals surface area contributed by atoms with Crippen molar-refractivity contribution < 1.29 is 10.2 Å². The molecule has 0 amide bonds. The number of nitrogens with zero attached hydrogens (tertiary/aromatic N) is 1. The van der Waals surface area contributed by atoms with Gasteiger partial charge in [0.1, 0.15) is 19.7 Å². The molecule has 0 aromatic heterocycles. The first-order valence-electron chi connectivity index (χ1n) is 11.5. The largest absolute Gasteiger partial charge is 0.364 e. The van der Waals surface area contributed by atoms with Gasteiger partial charge in [0.25, 0.3) is 0 Å². The fraction of sp³-hybridized carbons (Fsp3) is 0.481. The summed E-state index contributed by atoms with van der Waals surface area (Å²) < 4.78 is 37.2. The van der Waals surface area contributed by atoms with Crippen LogP contribution in [-0.2, 0) is 0 Å². The second kappa shape index (κ2) is 10.3. The number of terminal acetylenes is 1. The Hall–Kier alpha value is -2.30. The molecule has 2 unspecified atom stereocenters. The van der Waals surface area contributed by atoms with E-state index in [0.717, 1.165) is 17.8 Å². The average Bonchev–Trinajstić information content (AvgIpc) is 2.71. The van der Waals surface area contributed by atoms with Crippen molar-refractivity contribution in [2.24, 2.45) is 0 Å². The van der Waals surface area contributed by atoms with E-state index in [2.05, 4.69) is 58.9 Å². The molecular weight excluding hydrogens is 404 g/mol. The topological polar surface area (TPSA) is 3.24 Å². The summed E-state index contributed by atoms with van der Waals surface area (Å²) in [5.41, 5.74) is 6.83. The quantitative estimate of drug-likeness (QED) is 0.338. The predicted molar refractivity (Wildman–Crippen MR) is 130 cm³/mol. The minimum atomic E-state index is -1.91. The summed E-state index contributed by atoms with van der Waals surface area (Å²) in [5, 5.41) is 0. The maximum absolute atomic E-state index is 14.5. The van der Waals surface area contributed by atoms with Gasteiger partial charge in [0.15, 0.2) is 0 Å². The molecule has 0 spiro atoms. The summed E-state index contributed by atoms with van der Waals surface area (Å²) in [7, 11) is -0.0866. The van der Waals surface area contributed by atoms with E-state index < -0.39 is 32.1 Å². The summed E-state index contributed by atoms with van der Waals surface area (Å²) in [4.78, 5) is 1.79. The third-order valence-electron chi connectivity index (χ3n) is 6.49. The van der Waals surface area contributed by atoms with Gasteiger partial charge < -0.3 is 4.90 Å². The molecule has 0 N–H and O–H groups in total. The van der Waals surface area contributed by atoms with Gasteiger partial charge in [0, 0.05) is 25.9 Å². The molecule has 4 heteroatoms. The van der Waals surface area contributed by atoms with Crippen LogP contribution >= 0.6 is 0 Å². The minimum absolute atomic E-state index is 0.189. The zero-order chi connectivity index (χ0) is 24.2. The van der Waals surface area contributed by atoms with E-state index >= 15 is 0 Å². The van der Waals surface area contributed by atoms with E-state index in [-0.39, 0.29) is 12.0 Å². The van der Waals surface area contributed by atoms with Gasteiger partial charge in [-0.3, -0.25) is 0 Å². The zero-order valence-electron chi connectivity index (χ0n) is 20.8. The van der Waals surface area contributed by atoms with Crippen LogP contribution in [0.5, 0.6) is 0 Å². The van der Waals surface area contributed by atoms with E-state index in [0.29, 0.717) is 22.2 Å². The molecule has 1 heterocycles. The van der Waals surface area contributed by atoms with E-state index in [1.54, 1.807) is 4.90 Å². The average molecular weight is 441 g/mol. The molecule has 1 aromatic carbocycles. The van der Waals surface area contributed by atoms with Crippen LogP contribution in [0.15, 0.2) is 41.6 Å². The second-order valence-corrected chi connectivity index (χ2v) is 14.8. The summed E-state index contributed by atoms with van der Waals surface area (Å²) in [6, 6.07) is 3.38. The van der Waals surface area contributed by atoms with Crippen molar-refractivity contribution in [2.75, 3.05) is 13.6 Å². The standard InChI is InChI=1S/C27H35F2NSi/c1-9-10-25(26-17-23(28)12-14-27(26)29)22-11-13-24(30(8)18-22)15-16-31(19(2)3,20(4)5)21(6)7/h1,11-14,17,19-21,25H,10,18H2,2-8H3/i18D. The highest BCUT2D eigenvalue weighted by molar-refractivity contribution is 6.90. The highest BCUT2D eigenvalue weighted by Gasteiger charge is 2.41. The third kappa shape index (κ3) is 5.31. The lowest BCUT2D eigenvalue weighted by Crippen LogP contribution is -2.43. The Kier molecular flexibility index (Phi) is 7.79. The molecule has 0 saturated heterocycles. The Morgan fingerprint density at radius 3 is 2.26 bits per heavy atom. The second-order valence-electron chi connectivity index (χ2n) is 9.23. The number of hydrogen-bond donors (Lipinski definition) is 0. The van der Waals surface area contributed by atoms with Crippen LogP contribution in [0.2, 0.25) is 16.6 Å². The van der Waals surface area contributed by atoms with Crippen LogP contribution in [0.4, 0.5) is 8.78 Å². The molecule has 1 aliphatic rings. The number of hydrogen-bond acceptors (Lipinski definition) is 1. The first-order chi connectivity index (χ1) is 15.0. The van der Waals surface area contributed by atoms with Gasteiger partial charge in [-0.2, -0.15) is 0 Å². The highest BCUT2D eigenvalue weighted by Crippen LogP contribution is 2.41. The molecule has 2 atom stereocenters. The first-order valence-corrected chi connectivity index (χ1v) is 13.2. The van der Waals surface area contributed by atoms with E-state index in [9.17, 15) is 8.78 Å². The smallest absolute Gasteiger partial charge is 0.146 e. The van der Waals surface area contributed by atoms with Crippen molar-refractivity contribution in [2.45, 2.75) is 70.5 Å². The predicted octanol–water partition coefficient (Wildman–Crippen LogP) is 7.05. The number of likely N-dealkylation sites (N-methyl/N-ethyl adjacent to an activating group) is 1. The molecule has 0 radical (unpaired) electrons. The molecule has 0 aliphatic carbocycles. The fourth-order valence-electron chi connectivity index (χ4n) is 4.88. The Morgan fingerprint density at radius 2 is 1.71 bits per heavy atom. The highest BCUT2D eigenvalue weighted by atomic mass is 28.3. The van der Waals surface area contributed by atoms with Crippen molar-refractivity contribution in [1.82, 2.24) is 4.90 Å². The number of halogens is 2. The van der Waals surface area contributed by atoms with Crippen molar-refractivity contribution in [3.8, 4) is 23.8 Å². The summed E-state index contributed by atoms with van der Waals surface area (Å²) in [6.07, 6.45) is 9.44. The van der Waals surface area contributed by atoms with Crippen molar-refractivity contribution in [3.63, 3.8) is 0 Å². The van der Waals surface area contributed by atoms with Crippen LogP contribution in [-0.4, -0.2) is 26.5 Å². The minimum Gasteiger partial charge on any atom is -0.364 e. The van der Waals surface area contributed by atoms with Gasteiger partial charge in [-0.25, -0.2) is 8.78 Å². The van der Waals surface area contributed by atoms with E-state index in [1.165, 1.54) is 6.07 Å². The lowest BCUT2D eigenvalue weighted by molar-refractivity contribution is 0.449. The van der Waals surface area contributed by atoms with E-state index in [1.807, 2.05) is 19.2 Å². The van der Waals surface area contributed by atoms with Gasteiger partial charge in [-0.05, 0) is 52.0 Å². The van der Waals surface area contributed by atoms with Crippen molar-refractivity contribution in [1.29, 1.82) is 0 Å². The number of benzene rings is 1. The first kappa shape index (κ1) is 23.4. The maximum atomic E-state index is 14.5. The lowest BCUT2D eigenvalue weighted by Gasteiger charge is -2.38. The third-order valence-corrected chi connectivity index (χ3v) is 12.8. The molecule has 0 fully saturated rings. The van der Waals surface area contributed by atoms with Crippen molar-refractivity contribution in [3.05, 3.63) is 58.8 Å². The Balaban J connectivity index is 2.54. The van der Waals surface area contributed by atoms with Gasteiger partial charge in [0.2, 0.25) is 0 Å². The van der Waals surface area contributed by atoms with Gasteiger partial charge in [-0.1, -0.05) is 53.5 Å². The summed E-state index contributed by atoms with van der Waals surface area (Å²) >= 11 is 0.